The molecule has 0 aliphatic carbocycles. The number of fused-ring (bicyclic) bond motifs is 1. The highest BCUT2D eigenvalue weighted by atomic mass is 79.9. The number of nitrogens with two attached hydrogens (primary N) is 2. The second-order valence-corrected chi connectivity index (χ2v) is 9.35. The lowest BCUT2D eigenvalue weighted by Crippen LogP contribution is -2.48. The van der Waals surface area contributed by atoms with E-state index in [1.807, 2.05) is 24.3 Å². The number of aliphatic hydroxyl groups excluding tert-OH is 1. The van der Waals surface area contributed by atoms with Crippen LogP contribution in [0.2, 0.25) is 0 Å². The molecule has 1 atom stereocenters. The fraction of sp³-hybridized carbons (Fsp3) is 0.292. The summed E-state index contributed by atoms with van der Waals surface area (Å²) >= 11 is 3.62. The normalized spacial score (nSPS) is 15.5. The quantitative estimate of drug-likeness (QED) is 0.351. The summed E-state index contributed by atoms with van der Waals surface area (Å²) < 4.78 is 2.33. The Morgan fingerprint density at radius 3 is 2.63 bits per heavy atom. The number of nitrogens with zero attached hydrogens (tertiary/aromatic N) is 6. The zero-order valence-electron chi connectivity index (χ0n) is 18.9. The molecule has 5 rings (SSSR count). The van der Waals surface area contributed by atoms with E-state index in [4.69, 9.17) is 16.5 Å². The van der Waals surface area contributed by atoms with E-state index in [0.29, 0.717) is 29.0 Å². The van der Waals surface area contributed by atoms with Crippen molar-refractivity contribution in [3.8, 4) is 22.4 Å². The van der Waals surface area contributed by atoms with Gasteiger partial charge in [0.1, 0.15) is 11.9 Å². The lowest BCUT2D eigenvalue weighted by molar-refractivity contribution is -0.134. The van der Waals surface area contributed by atoms with Gasteiger partial charge in [0.25, 0.3) is 0 Å². The number of piperidine rings is 1. The van der Waals surface area contributed by atoms with Gasteiger partial charge in [0.15, 0.2) is 5.65 Å². The second kappa shape index (κ2) is 9.68. The first-order chi connectivity index (χ1) is 17.0. The molecule has 4 aromatic heterocycles. The number of carbonyl (C=O) groups is 1. The summed E-state index contributed by atoms with van der Waals surface area (Å²) in [5.74, 6) is 0.352. The monoisotopic (exact) mass is 536 g/mol. The molecule has 5 heterocycles. The first-order valence-corrected chi connectivity index (χ1v) is 12.1. The first kappa shape index (κ1) is 23.3. The van der Waals surface area contributed by atoms with Crippen LogP contribution in [0.1, 0.15) is 24.5 Å². The summed E-state index contributed by atoms with van der Waals surface area (Å²) in [6, 6.07) is 6.90. The Balaban J connectivity index is 1.44. The molecule has 0 radical (unpaired) electrons. The molecule has 1 aliphatic heterocycles. The van der Waals surface area contributed by atoms with Gasteiger partial charge in [-0.1, -0.05) is 6.07 Å². The van der Waals surface area contributed by atoms with Gasteiger partial charge in [-0.2, -0.15) is 9.61 Å². The molecule has 180 valence electrons. The van der Waals surface area contributed by atoms with E-state index < -0.39 is 6.04 Å². The summed E-state index contributed by atoms with van der Waals surface area (Å²) in [4.78, 5) is 27.7. The molecule has 10 nitrogen and oxygen atoms in total. The molecule has 0 bridgehead atoms. The maximum atomic E-state index is 12.3. The molecule has 0 spiro atoms. The van der Waals surface area contributed by atoms with E-state index in [2.05, 4.69) is 31.0 Å². The molecule has 0 aromatic carbocycles. The van der Waals surface area contributed by atoms with E-state index >= 15 is 0 Å². The van der Waals surface area contributed by atoms with Crippen molar-refractivity contribution in [2.24, 2.45) is 5.73 Å². The van der Waals surface area contributed by atoms with Crippen molar-refractivity contribution in [1.82, 2.24) is 29.5 Å². The zero-order valence-corrected chi connectivity index (χ0v) is 20.5. The number of pyridine rings is 2. The molecule has 1 saturated heterocycles. The smallest absolute Gasteiger partial charge is 0.241 e. The maximum absolute atomic E-state index is 12.3. The molecule has 4 aromatic rings. The number of carbonyl (C=O) groups excluding carboxylic acids is 1. The van der Waals surface area contributed by atoms with E-state index in [-0.39, 0.29) is 18.4 Å². The number of likely N-dealkylation sites (tertiary alicyclic amines) is 1. The summed E-state index contributed by atoms with van der Waals surface area (Å²) in [5, 5.41) is 13.6. The topological polar surface area (TPSA) is 149 Å². The van der Waals surface area contributed by atoms with Gasteiger partial charge in [-0.15, -0.1) is 0 Å². The number of halogens is 1. The number of hydrogen-bond donors (Lipinski definition) is 3. The van der Waals surface area contributed by atoms with E-state index in [9.17, 15) is 9.90 Å². The van der Waals surface area contributed by atoms with Gasteiger partial charge in [-0.3, -0.25) is 14.8 Å². The van der Waals surface area contributed by atoms with E-state index in [0.717, 1.165) is 40.9 Å². The maximum Gasteiger partial charge on any atom is 0.241 e. The number of amides is 1. The van der Waals surface area contributed by atoms with E-state index in [1.165, 1.54) is 0 Å². The Bertz CT molecular complexity index is 1350. The largest absolute Gasteiger partial charge is 0.394 e. The molecule has 1 fully saturated rings. The number of anilines is 1. The van der Waals surface area contributed by atoms with Crippen molar-refractivity contribution in [2.75, 3.05) is 25.4 Å². The molecule has 0 saturated carbocycles. The fourth-order valence-corrected chi connectivity index (χ4v) is 4.99. The van der Waals surface area contributed by atoms with Crippen LogP contribution in [0.5, 0.6) is 0 Å². The van der Waals surface area contributed by atoms with Crippen molar-refractivity contribution >= 4 is 33.3 Å². The van der Waals surface area contributed by atoms with Crippen LogP contribution in [-0.2, 0) is 4.79 Å². The molecular weight excluding hydrogens is 512 g/mol. The molecule has 5 N–H and O–H groups in total. The molecule has 1 amide bonds. The van der Waals surface area contributed by atoms with Crippen molar-refractivity contribution in [3.05, 3.63) is 59.2 Å². The lowest BCUT2D eigenvalue weighted by Gasteiger charge is -2.33. The van der Waals surface area contributed by atoms with Crippen molar-refractivity contribution in [1.29, 1.82) is 0 Å². The van der Waals surface area contributed by atoms with Gasteiger partial charge >= 0.3 is 0 Å². The number of rotatable bonds is 5. The molecular formula is C24H25BrN8O2. The van der Waals surface area contributed by atoms with Crippen LogP contribution in [0.15, 0.2) is 53.5 Å². The van der Waals surface area contributed by atoms with Crippen molar-refractivity contribution in [3.63, 3.8) is 0 Å². The highest BCUT2D eigenvalue weighted by Gasteiger charge is 2.29. The predicted molar refractivity (Wildman–Crippen MR) is 135 cm³/mol. The minimum Gasteiger partial charge on any atom is -0.394 e. The van der Waals surface area contributed by atoms with Gasteiger partial charge in [0.2, 0.25) is 5.91 Å². The van der Waals surface area contributed by atoms with Crippen LogP contribution in [-0.4, -0.2) is 66.2 Å². The third-order valence-electron chi connectivity index (χ3n) is 6.39. The number of aromatic nitrogens is 5. The van der Waals surface area contributed by atoms with E-state index in [1.54, 1.807) is 34.2 Å². The van der Waals surface area contributed by atoms with Crippen LogP contribution < -0.4 is 11.5 Å². The minimum absolute atomic E-state index is 0.111. The van der Waals surface area contributed by atoms with Crippen LogP contribution in [0, 0.1) is 0 Å². The van der Waals surface area contributed by atoms with Crippen LogP contribution >= 0.6 is 15.9 Å². The Morgan fingerprint density at radius 1 is 1.17 bits per heavy atom. The van der Waals surface area contributed by atoms with Crippen LogP contribution in [0.25, 0.3) is 28.0 Å². The van der Waals surface area contributed by atoms with Gasteiger partial charge in [-0.05, 0) is 47.0 Å². The molecule has 1 unspecified atom stereocenters. The number of nitrogen functional groups attached to an aromatic ring is 1. The average Bonchev–Trinajstić information content (AvgIpc) is 3.34. The standard InChI is InChI=1S/C24H25BrN8O2/c25-20-21(14-5-8-32(9-6-14)24(35)18(26)13-34)31-23-17(12-30-33(23)22(20)27)15-3-4-19(29-11-15)16-2-1-7-28-10-16/h1-4,7,10-12,14,18,34H,5-6,8-9,13,26-27H2. The minimum atomic E-state index is -0.879. The second-order valence-electron chi connectivity index (χ2n) is 8.55. The average molecular weight is 537 g/mol. The molecule has 35 heavy (non-hydrogen) atoms. The molecule has 1 aliphatic rings. The number of hydrogen-bond acceptors (Lipinski definition) is 8. The van der Waals surface area contributed by atoms with Gasteiger partial charge < -0.3 is 21.5 Å². The highest BCUT2D eigenvalue weighted by Crippen LogP contribution is 2.37. The molecule has 11 heteroatoms. The summed E-state index contributed by atoms with van der Waals surface area (Å²) in [6.45, 7) is 0.728. The Hall–Kier alpha value is -3.41. The Morgan fingerprint density at radius 2 is 1.97 bits per heavy atom. The van der Waals surface area contributed by atoms with Crippen molar-refractivity contribution in [2.45, 2.75) is 24.8 Å². The van der Waals surface area contributed by atoms with Crippen LogP contribution in [0.4, 0.5) is 5.82 Å². The lowest BCUT2D eigenvalue weighted by atomic mass is 9.92. The van der Waals surface area contributed by atoms with Gasteiger partial charge in [0.05, 0.1) is 28.7 Å². The Labute approximate surface area is 210 Å². The third kappa shape index (κ3) is 4.38. The van der Waals surface area contributed by atoms with Crippen molar-refractivity contribution < 1.29 is 9.90 Å². The SMILES string of the molecule is Nc1c(Br)c(C2CCN(C(=O)C(N)CO)CC2)nc2c(-c3ccc(-c4cccnc4)nc3)cnn12. The summed E-state index contributed by atoms with van der Waals surface area (Å²) in [5.41, 5.74) is 17.1. The Kier molecular flexibility index (Phi) is 6.46. The third-order valence-corrected chi connectivity index (χ3v) is 7.20. The predicted octanol–water partition coefficient (Wildman–Crippen LogP) is 2.22. The van der Waals surface area contributed by atoms with Gasteiger partial charge in [-0.25, -0.2) is 4.98 Å². The first-order valence-electron chi connectivity index (χ1n) is 11.3. The summed E-state index contributed by atoms with van der Waals surface area (Å²) in [6.07, 6.45) is 8.49. The fourth-order valence-electron chi connectivity index (χ4n) is 4.41. The number of aliphatic hydroxyl groups is 1. The van der Waals surface area contributed by atoms with Gasteiger partial charge in [0, 0.05) is 54.3 Å². The zero-order chi connectivity index (χ0) is 24.5. The highest BCUT2D eigenvalue weighted by molar-refractivity contribution is 9.10. The van der Waals surface area contributed by atoms with Crippen LogP contribution in [0.3, 0.4) is 0 Å². The summed E-state index contributed by atoms with van der Waals surface area (Å²) in [7, 11) is 0.